The molecule has 0 aliphatic carbocycles. The summed E-state index contributed by atoms with van der Waals surface area (Å²) in [5.74, 6) is 1.59. The van der Waals surface area contributed by atoms with E-state index < -0.39 is 0 Å². The first-order chi connectivity index (χ1) is 9.54. The molecule has 0 aliphatic rings. The average Bonchev–Trinajstić information content (AvgIpc) is 2.47. The summed E-state index contributed by atoms with van der Waals surface area (Å²) in [7, 11) is 3.92. The first-order valence-corrected chi connectivity index (χ1v) is 7.59. The van der Waals surface area contributed by atoms with Gasteiger partial charge in [0.05, 0.1) is 7.11 Å². The molecular weight excluding hydrogens is 248 g/mol. The molecule has 0 aromatic heterocycles. The van der Waals surface area contributed by atoms with E-state index in [0.717, 1.165) is 18.6 Å². The van der Waals surface area contributed by atoms with Crippen LogP contribution in [0.2, 0.25) is 0 Å². The lowest BCUT2D eigenvalue weighted by atomic mass is 9.95. The number of hydrogen-bond donors (Lipinski definition) is 1. The first kappa shape index (κ1) is 17.0. The molecule has 2 N–H and O–H groups in total. The Bertz CT molecular complexity index is 394. The van der Waals surface area contributed by atoms with Crippen LogP contribution in [0.15, 0.2) is 24.3 Å². The van der Waals surface area contributed by atoms with E-state index in [2.05, 4.69) is 44.9 Å². The largest absolute Gasteiger partial charge is 0.496 e. The van der Waals surface area contributed by atoms with Crippen LogP contribution in [0.5, 0.6) is 5.75 Å². The second-order valence-electron chi connectivity index (χ2n) is 5.72. The Kier molecular flexibility index (Phi) is 7.03. The zero-order chi connectivity index (χ0) is 15.1. The Morgan fingerprint density at radius 1 is 1.25 bits per heavy atom. The third-order valence-corrected chi connectivity index (χ3v) is 4.47. The molecule has 3 heteroatoms. The fraction of sp³-hybridized carbons (Fsp3) is 0.647. The van der Waals surface area contributed by atoms with Crippen molar-refractivity contribution in [1.82, 2.24) is 4.90 Å². The van der Waals surface area contributed by atoms with Gasteiger partial charge in [-0.1, -0.05) is 38.5 Å². The highest BCUT2D eigenvalue weighted by Gasteiger charge is 2.23. The van der Waals surface area contributed by atoms with Crippen LogP contribution in [0.1, 0.15) is 32.8 Å². The monoisotopic (exact) mass is 278 g/mol. The standard InChI is InChI=1S/C17H30N2O/c1-6-13(2)16(12-18)19(4)14(3)11-15-9-7-8-10-17(15)20-5/h7-10,13-14,16H,6,11-12,18H2,1-5H3. The van der Waals surface area contributed by atoms with Crippen LogP contribution in [0.25, 0.3) is 0 Å². The van der Waals surface area contributed by atoms with Crippen LogP contribution in [-0.4, -0.2) is 37.7 Å². The maximum atomic E-state index is 5.97. The van der Waals surface area contributed by atoms with Crippen molar-refractivity contribution in [3.8, 4) is 5.75 Å². The summed E-state index contributed by atoms with van der Waals surface area (Å²) in [5.41, 5.74) is 7.23. The van der Waals surface area contributed by atoms with Gasteiger partial charge in [-0.3, -0.25) is 4.90 Å². The van der Waals surface area contributed by atoms with Gasteiger partial charge in [0.15, 0.2) is 0 Å². The van der Waals surface area contributed by atoms with Gasteiger partial charge in [-0.15, -0.1) is 0 Å². The quantitative estimate of drug-likeness (QED) is 0.794. The van der Waals surface area contributed by atoms with Crippen LogP contribution >= 0.6 is 0 Å². The maximum Gasteiger partial charge on any atom is 0.122 e. The van der Waals surface area contributed by atoms with E-state index in [1.807, 2.05) is 12.1 Å². The lowest BCUT2D eigenvalue weighted by Crippen LogP contribution is -2.47. The van der Waals surface area contributed by atoms with Gasteiger partial charge in [0.25, 0.3) is 0 Å². The number of nitrogens with two attached hydrogens (primary N) is 1. The summed E-state index contributed by atoms with van der Waals surface area (Å²) < 4.78 is 5.44. The molecule has 1 aromatic rings. The number of nitrogens with zero attached hydrogens (tertiary/aromatic N) is 1. The molecule has 0 aliphatic heterocycles. The summed E-state index contributed by atoms with van der Waals surface area (Å²) >= 11 is 0. The minimum Gasteiger partial charge on any atom is -0.496 e. The van der Waals surface area contributed by atoms with Crippen LogP contribution < -0.4 is 10.5 Å². The fourth-order valence-electron chi connectivity index (χ4n) is 2.73. The van der Waals surface area contributed by atoms with Gasteiger partial charge in [-0.05, 0) is 37.9 Å². The Balaban J connectivity index is 2.76. The molecule has 114 valence electrons. The summed E-state index contributed by atoms with van der Waals surface area (Å²) in [5, 5.41) is 0. The molecule has 1 aromatic carbocycles. The molecule has 3 nitrogen and oxygen atoms in total. The summed E-state index contributed by atoms with van der Waals surface area (Å²) in [6, 6.07) is 9.12. The second kappa shape index (κ2) is 8.28. The highest BCUT2D eigenvalue weighted by atomic mass is 16.5. The lowest BCUT2D eigenvalue weighted by Gasteiger charge is -2.36. The van der Waals surface area contributed by atoms with Crippen LogP contribution in [0, 0.1) is 5.92 Å². The first-order valence-electron chi connectivity index (χ1n) is 7.59. The zero-order valence-corrected chi connectivity index (χ0v) is 13.6. The molecule has 3 atom stereocenters. The van der Waals surface area contributed by atoms with Crippen molar-refractivity contribution in [2.75, 3.05) is 20.7 Å². The van der Waals surface area contributed by atoms with Crippen molar-refractivity contribution in [2.45, 2.75) is 45.7 Å². The van der Waals surface area contributed by atoms with Crippen molar-refractivity contribution in [3.63, 3.8) is 0 Å². The fourth-order valence-corrected chi connectivity index (χ4v) is 2.73. The van der Waals surface area contributed by atoms with E-state index in [9.17, 15) is 0 Å². The van der Waals surface area contributed by atoms with Gasteiger partial charge in [-0.25, -0.2) is 0 Å². The number of hydrogen-bond acceptors (Lipinski definition) is 3. The molecule has 0 bridgehead atoms. The maximum absolute atomic E-state index is 5.97. The Hall–Kier alpha value is -1.06. The molecule has 20 heavy (non-hydrogen) atoms. The number of ether oxygens (including phenoxy) is 1. The van der Waals surface area contributed by atoms with E-state index in [0.29, 0.717) is 24.5 Å². The molecule has 0 saturated heterocycles. The van der Waals surface area contributed by atoms with Crippen LogP contribution in [0.4, 0.5) is 0 Å². The van der Waals surface area contributed by atoms with E-state index in [1.54, 1.807) is 7.11 Å². The summed E-state index contributed by atoms with van der Waals surface area (Å²) in [6.45, 7) is 7.48. The predicted molar refractivity (Wildman–Crippen MR) is 86.2 cm³/mol. The molecule has 0 heterocycles. The SMILES string of the molecule is CCC(C)C(CN)N(C)C(C)Cc1ccccc1OC. The molecule has 0 spiro atoms. The van der Waals surface area contributed by atoms with Crippen molar-refractivity contribution in [3.05, 3.63) is 29.8 Å². The third-order valence-electron chi connectivity index (χ3n) is 4.47. The lowest BCUT2D eigenvalue weighted by molar-refractivity contribution is 0.139. The molecule has 1 rings (SSSR count). The second-order valence-corrected chi connectivity index (χ2v) is 5.72. The van der Waals surface area contributed by atoms with Gasteiger partial charge in [0.2, 0.25) is 0 Å². The number of rotatable bonds is 8. The van der Waals surface area contributed by atoms with Crippen LogP contribution in [-0.2, 0) is 6.42 Å². The molecule has 0 saturated carbocycles. The van der Waals surface area contributed by atoms with Gasteiger partial charge >= 0.3 is 0 Å². The van der Waals surface area contributed by atoms with Crippen molar-refractivity contribution in [1.29, 1.82) is 0 Å². The van der Waals surface area contributed by atoms with E-state index >= 15 is 0 Å². The molecule has 0 fully saturated rings. The average molecular weight is 278 g/mol. The van der Waals surface area contributed by atoms with Crippen molar-refractivity contribution >= 4 is 0 Å². The van der Waals surface area contributed by atoms with Gasteiger partial charge in [0.1, 0.15) is 5.75 Å². The normalized spacial score (nSPS) is 15.9. The molecule has 0 amide bonds. The van der Waals surface area contributed by atoms with Crippen LogP contribution in [0.3, 0.4) is 0 Å². The minimum absolute atomic E-state index is 0.435. The van der Waals surface area contributed by atoms with Gasteiger partial charge < -0.3 is 10.5 Å². The summed E-state index contributed by atoms with van der Waals surface area (Å²) in [6.07, 6.45) is 2.14. The van der Waals surface area contributed by atoms with Crippen molar-refractivity contribution < 1.29 is 4.74 Å². The van der Waals surface area contributed by atoms with E-state index in [-0.39, 0.29) is 0 Å². The van der Waals surface area contributed by atoms with Gasteiger partial charge in [0, 0.05) is 18.6 Å². The summed E-state index contributed by atoms with van der Waals surface area (Å²) in [4.78, 5) is 2.42. The van der Waals surface area contributed by atoms with E-state index in [4.69, 9.17) is 10.5 Å². The smallest absolute Gasteiger partial charge is 0.122 e. The number of benzene rings is 1. The zero-order valence-electron chi connectivity index (χ0n) is 13.6. The topological polar surface area (TPSA) is 38.5 Å². The van der Waals surface area contributed by atoms with Crippen molar-refractivity contribution in [2.24, 2.45) is 11.7 Å². The predicted octanol–water partition coefficient (Wildman–Crippen LogP) is 2.93. The highest BCUT2D eigenvalue weighted by Crippen LogP contribution is 2.22. The third kappa shape index (κ3) is 4.22. The molecule has 0 radical (unpaired) electrons. The van der Waals surface area contributed by atoms with E-state index in [1.165, 1.54) is 5.56 Å². The highest BCUT2D eigenvalue weighted by molar-refractivity contribution is 5.33. The molecular formula is C17H30N2O. The Morgan fingerprint density at radius 2 is 1.90 bits per heavy atom. The number of methoxy groups -OCH3 is 1. The van der Waals surface area contributed by atoms with Gasteiger partial charge in [-0.2, -0.15) is 0 Å². The molecule has 3 unspecified atom stereocenters. The number of para-hydroxylation sites is 1. The number of likely N-dealkylation sites (N-methyl/N-ethyl adjacent to an activating group) is 1. The minimum atomic E-state index is 0.435. The Labute approximate surface area is 124 Å². The Morgan fingerprint density at radius 3 is 2.45 bits per heavy atom.